The van der Waals surface area contributed by atoms with E-state index in [0.29, 0.717) is 12.1 Å². The zero-order valence-corrected chi connectivity index (χ0v) is 13.1. The Morgan fingerprint density at radius 3 is 2.42 bits per heavy atom. The summed E-state index contributed by atoms with van der Waals surface area (Å²) in [5, 5.41) is 3.02. The highest BCUT2D eigenvalue weighted by molar-refractivity contribution is 9.10. The molecule has 104 valence electrons. The fraction of sp³-hybridized carbons (Fsp3) is 0.533. The van der Waals surface area contributed by atoms with Crippen molar-refractivity contribution in [1.29, 1.82) is 0 Å². The van der Waals surface area contributed by atoms with Crippen LogP contribution in [0, 0.1) is 0 Å². The van der Waals surface area contributed by atoms with E-state index in [0.717, 1.165) is 30.4 Å². The molecular weight excluding hydrogens is 304 g/mol. The quantitative estimate of drug-likeness (QED) is 0.926. The summed E-state index contributed by atoms with van der Waals surface area (Å²) < 4.78 is 1.12. The van der Waals surface area contributed by atoms with Crippen molar-refractivity contribution in [3.8, 4) is 0 Å². The minimum Gasteiger partial charge on any atom is -0.354 e. The predicted octanol–water partition coefficient (Wildman–Crippen LogP) is 3.11. The molecule has 0 radical (unpaired) electrons. The smallest absolute Gasteiger partial charge is 0.217 e. The third kappa shape index (κ3) is 4.05. The van der Waals surface area contributed by atoms with E-state index < -0.39 is 0 Å². The van der Waals surface area contributed by atoms with Gasteiger partial charge in [0.25, 0.3) is 0 Å². The molecule has 1 atom stereocenters. The minimum absolute atomic E-state index is 0.0828. The molecular formula is C15H21BrN2O. The topological polar surface area (TPSA) is 32.3 Å². The van der Waals surface area contributed by atoms with Crippen molar-refractivity contribution >= 4 is 21.8 Å². The largest absolute Gasteiger partial charge is 0.354 e. The molecule has 0 bridgehead atoms. The molecule has 1 heterocycles. The van der Waals surface area contributed by atoms with Gasteiger partial charge in [-0.05, 0) is 37.5 Å². The molecule has 1 fully saturated rings. The zero-order chi connectivity index (χ0) is 13.8. The summed E-state index contributed by atoms with van der Waals surface area (Å²) in [6, 6.07) is 9.33. The molecule has 0 aromatic heterocycles. The van der Waals surface area contributed by atoms with Crippen LogP contribution in [0.15, 0.2) is 28.7 Å². The maximum absolute atomic E-state index is 11.1. The van der Waals surface area contributed by atoms with Gasteiger partial charge < -0.3 is 5.32 Å². The number of halogens is 1. The average Bonchev–Trinajstić information content (AvgIpc) is 2.39. The molecule has 1 amide bonds. The second-order valence-electron chi connectivity index (χ2n) is 5.24. The summed E-state index contributed by atoms with van der Waals surface area (Å²) in [5.41, 5.74) is 1.35. The number of carbonyl (C=O) groups is 1. The van der Waals surface area contributed by atoms with Crippen LogP contribution in [0.2, 0.25) is 0 Å². The molecule has 3 nitrogen and oxygen atoms in total. The van der Waals surface area contributed by atoms with E-state index in [4.69, 9.17) is 0 Å². The highest BCUT2D eigenvalue weighted by Crippen LogP contribution is 2.25. The van der Waals surface area contributed by atoms with E-state index in [1.54, 1.807) is 6.92 Å². The van der Waals surface area contributed by atoms with Gasteiger partial charge in [-0.25, -0.2) is 0 Å². The van der Waals surface area contributed by atoms with E-state index in [1.807, 2.05) is 0 Å². The first kappa shape index (κ1) is 14.5. The zero-order valence-electron chi connectivity index (χ0n) is 11.5. The van der Waals surface area contributed by atoms with Crippen LogP contribution >= 0.6 is 15.9 Å². The van der Waals surface area contributed by atoms with E-state index in [2.05, 4.69) is 57.3 Å². The number of hydrogen-bond acceptors (Lipinski definition) is 2. The molecule has 0 spiro atoms. The predicted molar refractivity (Wildman–Crippen MR) is 81.0 cm³/mol. The Bertz CT molecular complexity index is 424. The Kier molecular flexibility index (Phi) is 4.99. The molecule has 1 saturated heterocycles. The Morgan fingerprint density at radius 2 is 1.89 bits per heavy atom. The third-order valence-electron chi connectivity index (χ3n) is 3.84. The molecule has 1 aromatic carbocycles. The first-order chi connectivity index (χ1) is 9.06. The molecule has 1 aromatic rings. The van der Waals surface area contributed by atoms with Gasteiger partial charge in [0.15, 0.2) is 0 Å². The fourth-order valence-corrected chi connectivity index (χ4v) is 2.94. The Morgan fingerprint density at radius 1 is 1.32 bits per heavy atom. The summed E-state index contributed by atoms with van der Waals surface area (Å²) >= 11 is 3.47. The average molecular weight is 325 g/mol. The number of benzene rings is 1. The van der Waals surface area contributed by atoms with Crippen LogP contribution in [0.25, 0.3) is 0 Å². The van der Waals surface area contributed by atoms with Crippen LogP contribution in [-0.2, 0) is 4.79 Å². The summed E-state index contributed by atoms with van der Waals surface area (Å²) in [6.07, 6.45) is 2.08. The lowest BCUT2D eigenvalue weighted by Gasteiger charge is -2.36. The van der Waals surface area contributed by atoms with Crippen LogP contribution < -0.4 is 5.32 Å². The summed E-state index contributed by atoms with van der Waals surface area (Å²) in [4.78, 5) is 13.5. The molecule has 0 unspecified atom stereocenters. The number of rotatable bonds is 3. The van der Waals surface area contributed by atoms with Crippen LogP contribution in [0.3, 0.4) is 0 Å². The Hall–Kier alpha value is -0.870. The van der Waals surface area contributed by atoms with E-state index >= 15 is 0 Å². The molecule has 2 rings (SSSR count). The standard InChI is InChI=1S/C15H21BrN2O/c1-11(13-3-5-14(16)6-4-13)18-9-7-15(8-10-18)17-12(2)19/h3-6,11,15H,7-10H2,1-2H3,(H,17,19)/t11-/m1/s1. The lowest BCUT2D eigenvalue weighted by Crippen LogP contribution is -2.44. The Labute approximate surface area is 123 Å². The van der Waals surface area contributed by atoms with Gasteiger partial charge in [0.2, 0.25) is 5.91 Å². The molecule has 0 aliphatic carbocycles. The van der Waals surface area contributed by atoms with Crippen LogP contribution in [0.4, 0.5) is 0 Å². The van der Waals surface area contributed by atoms with Crippen molar-refractivity contribution < 1.29 is 4.79 Å². The van der Waals surface area contributed by atoms with Crippen molar-refractivity contribution in [1.82, 2.24) is 10.2 Å². The SMILES string of the molecule is CC(=O)NC1CCN([C@H](C)c2ccc(Br)cc2)CC1. The van der Waals surface area contributed by atoms with Crippen molar-refractivity contribution in [3.05, 3.63) is 34.3 Å². The van der Waals surface area contributed by atoms with Crippen molar-refractivity contribution in [2.24, 2.45) is 0 Å². The van der Waals surface area contributed by atoms with Crippen molar-refractivity contribution in [3.63, 3.8) is 0 Å². The van der Waals surface area contributed by atoms with Gasteiger partial charge in [0, 0.05) is 36.6 Å². The maximum Gasteiger partial charge on any atom is 0.217 e. The molecule has 1 aliphatic rings. The van der Waals surface area contributed by atoms with E-state index in [1.165, 1.54) is 5.56 Å². The van der Waals surface area contributed by atoms with Gasteiger partial charge >= 0.3 is 0 Å². The number of likely N-dealkylation sites (tertiary alicyclic amines) is 1. The van der Waals surface area contributed by atoms with Gasteiger partial charge in [-0.2, -0.15) is 0 Å². The summed E-state index contributed by atoms with van der Waals surface area (Å²) in [6.45, 7) is 5.93. The molecule has 19 heavy (non-hydrogen) atoms. The number of amides is 1. The van der Waals surface area contributed by atoms with E-state index in [-0.39, 0.29) is 5.91 Å². The first-order valence-electron chi connectivity index (χ1n) is 6.83. The molecule has 0 saturated carbocycles. The monoisotopic (exact) mass is 324 g/mol. The van der Waals surface area contributed by atoms with Gasteiger partial charge in [0.1, 0.15) is 0 Å². The molecule has 1 N–H and O–H groups in total. The lowest BCUT2D eigenvalue weighted by atomic mass is 10.0. The van der Waals surface area contributed by atoms with E-state index in [9.17, 15) is 4.79 Å². The highest BCUT2D eigenvalue weighted by atomic mass is 79.9. The number of hydrogen-bond donors (Lipinski definition) is 1. The van der Waals surface area contributed by atoms with Gasteiger partial charge in [0.05, 0.1) is 0 Å². The molecule has 4 heteroatoms. The third-order valence-corrected chi connectivity index (χ3v) is 4.37. The summed E-state index contributed by atoms with van der Waals surface area (Å²) in [5.74, 6) is 0.0828. The lowest BCUT2D eigenvalue weighted by molar-refractivity contribution is -0.120. The normalized spacial score (nSPS) is 19.1. The van der Waals surface area contributed by atoms with Gasteiger partial charge in [-0.1, -0.05) is 28.1 Å². The minimum atomic E-state index is 0.0828. The first-order valence-corrected chi connectivity index (χ1v) is 7.62. The van der Waals surface area contributed by atoms with Crippen molar-refractivity contribution in [2.75, 3.05) is 13.1 Å². The summed E-state index contributed by atoms with van der Waals surface area (Å²) in [7, 11) is 0. The van der Waals surface area contributed by atoms with Gasteiger partial charge in [-0.15, -0.1) is 0 Å². The molecule has 1 aliphatic heterocycles. The second kappa shape index (κ2) is 6.53. The number of piperidine rings is 1. The van der Waals surface area contributed by atoms with Crippen LogP contribution in [-0.4, -0.2) is 29.9 Å². The highest BCUT2D eigenvalue weighted by Gasteiger charge is 2.23. The fourth-order valence-electron chi connectivity index (χ4n) is 2.67. The van der Waals surface area contributed by atoms with Crippen LogP contribution in [0.1, 0.15) is 38.3 Å². The number of carbonyl (C=O) groups excluding carboxylic acids is 1. The van der Waals surface area contributed by atoms with Crippen LogP contribution in [0.5, 0.6) is 0 Å². The van der Waals surface area contributed by atoms with Crippen molar-refractivity contribution in [2.45, 2.75) is 38.8 Å². The number of nitrogens with one attached hydrogen (secondary N) is 1. The Balaban J connectivity index is 1.90. The number of nitrogens with zero attached hydrogens (tertiary/aromatic N) is 1. The maximum atomic E-state index is 11.1. The second-order valence-corrected chi connectivity index (χ2v) is 6.15. The van der Waals surface area contributed by atoms with Gasteiger partial charge in [-0.3, -0.25) is 9.69 Å².